The molecule has 89 heavy (non-hydrogen) atoms. The lowest BCUT2D eigenvalue weighted by Crippen LogP contribution is -2.54. The maximum atomic E-state index is 13.6. The summed E-state index contributed by atoms with van der Waals surface area (Å²) in [7, 11) is 0. The van der Waals surface area contributed by atoms with E-state index in [2.05, 4.69) is 119 Å². The molecule has 512 valence electrons. The van der Waals surface area contributed by atoms with Gasteiger partial charge in [-0.3, -0.25) is 4.79 Å². The number of hydrogen-bond donors (Lipinski definition) is 2. The Labute approximate surface area is 550 Å². The second-order valence-corrected chi connectivity index (χ2v) is 36.2. The summed E-state index contributed by atoms with van der Waals surface area (Å²) in [5.41, 5.74) is 3.38. The molecule has 8 aliphatic carbocycles. The smallest absolute Gasteiger partial charge is 0.407 e. The van der Waals surface area contributed by atoms with Gasteiger partial charge in [0.05, 0.1) is 6.42 Å². The van der Waals surface area contributed by atoms with Crippen LogP contribution in [0.1, 0.15) is 328 Å². The van der Waals surface area contributed by atoms with Gasteiger partial charge in [-0.1, -0.05) is 173 Å². The van der Waals surface area contributed by atoms with Gasteiger partial charge in [-0.2, -0.15) is 0 Å². The number of carbonyl (C=O) groups excluding carboxylic acids is 2. The van der Waals surface area contributed by atoms with Crippen LogP contribution < -0.4 is 10.6 Å². The molecule has 2 N–H and O–H groups in total. The third-order valence-electron chi connectivity index (χ3n) is 29.2. The maximum absolute atomic E-state index is 13.6. The standard InChI is InChI=1S/C82H145N3O4/c1-15-16-17-30-62(59(8)29-20-49-83-78(87)89-66-42-46-80(12)64(54-66)34-36-68-72-40-38-70(61(10)28-19-25-57(4)5)82(72,14)48-44-74(68)80)31-22-51-85(50-21-26-58(6)7)52-23-32-75-76(84-75)55-77(86)88-65-41-45-79(11)63(53-65)33-35-67-71-39-37-69(60(9)27-18-24-56(2)3)81(71,13)47-43-73(67)79/h34,56-63,65-76,84H,15-33,35-55H2,1-14H3,(H,83,87). The minimum Gasteiger partial charge on any atom is -0.462 e. The van der Waals surface area contributed by atoms with Crippen molar-refractivity contribution >= 4 is 12.1 Å². The first-order valence-corrected chi connectivity index (χ1v) is 39.9. The largest absolute Gasteiger partial charge is 0.462 e. The molecule has 9 rings (SSSR count). The molecule has 21 atom stereocenters. The number of allylic oxidation sites excluding steroid dienone is 1. The van der Waals surface area contributed by atoms with Crippen LogP contribution in [-0.4, -0.2) is 67.4 Å². The number of ether oxygens (including phenoxy) is 2. The van der Waals surface area contributed by atoms with Gasteiger partial charge in [-0.25, -0.2) is 4.79 Å². The number of nitrogens with zero attached hydrogens (tertiary/aromatic N) is 1. The van der Waals surface area contributed by atoms with E-state index in [9.17, 15) is 9.59 Å². The monoisotopic (exact) mass is 1240 g/mol. The van der Waals surface area contributed by atoms with Crippen molar-refractivity contribution in [3.05, 3.63) is 11.6 Å². The molecule has 7 saturated carbocycles. The van der Waals surface area contributed by atoms with E-state index in [1.165, 1.54) is 193 Å². The summed E-state index contributed by atoms with van der Waals surface area (Å²) in [5.74, 6) is 13.3. The summed E-state index contributed by atoms with van der Waals surface area (Å²) in [6, 6.07) is 0.749. The van der Waals surface area contributed by atoms with Gasteiger partial charge in [0.25, 0.3) is 0 Å². The average molecular weight is 1240 g/mol. The third kappa shape index (κ3) is 17.7. The molecule has 0 aromatic rings. The highest BCUT2D eigenvalue weighted by atomic mass is 16.6. The van der Waals surface area contributed by atoms with Crippen molar-refractivity contribution in [2.75, 3.05) is 26.2 Å². The number of esters is 1. The number of carbonyl (C=O) groups is 2. The lowest BCUT2D eigenvalue weighted by atomic mass is 9.44. The molecule has 0 spiro atoms. The van der Waals surface area contributed by atoms with Gasteiger partial charge in [-0.15, -0.1) is 0 Å². The van der Waals surface area contributed by atoms with E-state index in [0.29, 0.717) is 53.1 Å². The Morgan fingerprint density at radius 3 is 1.81 bits per heavy atom. The van der Waals surface area contributed by atoms with E-state index in [1.54, 1.807) is 5.57 Å². The van der Waals surface area contributed by atoms with Crippen molar-refractivity contribution in [1.29, 1.82) is 0 Å². The van der Waals surface area contributed by atoms with E-state index in [0.717, 1.165) is 134 Å². The lowest BCUT2D eigenvalue weighted by Gasteiger charge is -2.61. The minimum atomic E-state index is -0.194. The third-order valence-corrected chi connectivity index (χ3v) is 29.2. The molecule has 1 amide bonds. The van der Waals surface area contributed by atoms with Crippen LogP contribution in [0.3, 0.4) is 0 Å². The molecule has 21 unspecified atom stereocenters. The highest BCUT2D eigenvalue weighted by Crippen LogP contribution is 2.70. The highest BCUT2D eigenvalue weighted by Gasteiger charge is 2.62. The number of fused-ring (bicyclic) bond motifs is 10. The van der Waals surface area contributed by atoms with Crippen molar-refractivity contribution in [2.45, 2.75) is 352 Å². The zero-order valence-electron chi connectivity index (χ0n) is 61.0. The highest BCUT2D eigenvalue weighted by molar-refractivity contribution is 5.71. The molecule has 9 aliphatic rings. The van der Waals surface area contributed by atoms with Crippen LogP contribution in [0.5, 0.6) is 0 Å². The maximum Gasteiger partial charge on any atom is 0.407 e. The fraction of sp³-hybridized carbons (Fsp3) is 0.951. The van der Waals surface area contributed by atoms with Crippen LogP contribution in [0, 0.1) is 116 Å². The SMILES string of the molecule is CCCCCC(CCCN(CCCC(C)C)CCCC1NC1CC(=O)OC1CCC2(C)C(CCC3C2CCC2(C)C(C(C)CCCC(C)C)CCC32)C1)C(C)CCCNC(=O)OC1CCC2(C)C(=CCC3C2CCC2(C)C(C(C)CCCC(C)C)CCC32)C1. The van der Waals surface area contributed by atoms with Crippen molar-refractivity contribution in [3.8, 4) is 0 Å². The summed E-state index contributed by atoms with van der Waals surface area (Å²) >= 11 is 0. The van der Waals surface area contributed by atoms with Gasteiger partial charge in [0, 0.05) is 25.0 Å². The van der Waals surface area contributed by atoms with E-state index in [4.69, 9.17) is 9.47 Å². The van der Waals surface area contributed by atoms with Crippen LogP contribution in [0.25, 0.3) is 0 Å². The van der Waals surface area contributed by atoms with Gasteiger partial charge in [0.2, 0.25) is 0 Å². The van der Waals surface area contributed by atoms with Gasteiger partial charge >= 0.3 is 12.1 Å². The van der Waals surface area contributed by atoms with Crippen LogP contribution in [0.4, 0.5) is 4.79 Å². The van der Waals surface area contributed by atoms with Gasteiger partial charge in [0.15, 0.2) is 0 Å². The number of rotatable bonds is 35. The quantitative estimate of drug-likeness (QED) is 0.0284. The molecule has 1 saturated heterocycles. The summed E-state index contributed by atoms with van der Waals surface area (Å²) < 4.78 is 12.7. The van der Waals surface area contributed by atoms with Gasteiger partial charge in [-0.05, 0) is 290 Å². The topological polar surface area (TPSA) is 89.8 Å². The van der Waals surface area contributed by atoms with Crippen molar-refractivity contribution in [3.63, 3.8) is 0 Å². The molecule has 1 heterocycles. The Morgan fingerprint density at radius 2 is 1.15 bits per heavy atom. The molecule has 7 heteroatoms. The van der Waals surface area contributed by atoms with Gasteiger partial charge < -0.3 is 25.0 Å². The number of amides is 1. The molecule has 0 aromatic carbocycles. The van der Waals surface area contributed by atoms with E-state index in [1.807, 2.05) is 0 Å². The first kappa shape index (κ1) is 71.7. The predicted octanol–water partition coefficient (Wildman–Crippen LogP) is 21.8. The lowest BCUT2D eigenvalue weighted by molar-refractivity contribution is -0.162. The second kappa shape index (κ2) is 32.4. The van der Waals surface area contributed by atoms with Crippen molar-refractivity contribution < 1.29 is 19.1 Å². The zero-order chi connectivity index (χ0) is 63.7. The Kier molecular flexibility index (Phi) is 26.1. The Hall–Kier alpha value is -1.60. The van der Waals surface area contributed by atoms with Crippen LogP contribution in [0.2, 0.25) is 0 Å². The number of nitrogens with one attached hydrogen (secondary N) is 2. The van der Waals surface area contributed by atoms with Crippen LogP contribution >= 0.6 is 0 Å². The predicted molar refractivity (Wildman–Crippen MR) is 375 cm³/mol. The molecule has 0 radical (unpaired) electrons. The Morgan fingerprint density at radius 1 is 0.562 bits per heavy atom. The van der Waals surface area contributed by atoms with Gasteiger partial charge in [0.1, 0.15) is 12.2 Å². The Balaban J connectivity index is 0.655. The minimum absolute atomic E-state index is 0.00748. The van der Waals surface area contributed by atoms with Crippen molar-refractivity contribution in [2.24, 2.45) is 116 Å². The van der Waals surface area contributed by atoms with E-state index >= 15 is 0 Å². The first-order chi connectivity index (χ1) is 42.6. The molecule has 7 nitrogen and oxygen atoms in total. The summed E-state index contributed by atoms with van der Waals surface area (Å²) in [6.45, 7) is 39.3. The zero-order valence-corrected chi connectivity index (χ0v) is 61.0. The molecule has 0 bridgehead atoms. The summed E-state index contributed by atoms with van der Waals surface area (Å²) in [5, 5.41) is 6.94. The first-order valence-electron chi connectivity index (χ1n) is 39.9. The molecule has 8 fully saturated rings. The van der Waals surface area contributed by atoms with Crippen molar-refractivity contribution in [1.82, 2.24) is 15.5 Å². The normalized spacial score (nSPS) is 37.8. The average Bonchev–Trinajstić information content (AvgIpc) is 1.72. The van der Waals surface area contributed by atoms with Crippen LogP contribution in [0.15, 0.2) is 11.6 Å². The molecule has 0 aromatic heterocycles. The Bertz CT molecular complexity index is 2210. The van der Waals surface area contributed by atoms with E-state index in [-0.39, 0.29) is 29.7 Å². The molecule has 1 aliphatic heterocycles. The number of hydrogen-bond acceptors (Lipinski definition) is 6. The van der Waals surface area contributed by atoms with Crippen LogP contribution in [-0.2, 0) is 14.3 Å². The fourth-order valence-electron chi connectivity index (χ4n) is 23.8. The molecular formula is C82H145N3O4. The molecular weight excluding hydrogens is 1090 g/mol. The second-order valence-electron chi connectivity index (χ2n) is 36.2. The summed E-state index contributed by atoms with van der Waals surface area (Å²) in [4.78, 5) is 29.8. The summed E-state index contributed by atoms with van der Waals surface area (Å²) in [6.07, 6.45) is 48.5. The fourth-order valence-corrected chi connectivity index (χ4v) is 23.8. The van der Waals surface area contributed by atoms with E-state index < -0.39 is 0 Å². The number of unbranched alkanes of at least 4 members (excludes halogenated alkanes) is 2. The number of alkyl carbamates (subject to hydrolysis) is 1.